The largest absolute Gasteiger partial charge is 0.262 e. The Labute approximate surface area is 111 Å². The minimum absolute atomic E-state index is 0.199. The molecule has 3 heteroatoms. The molecule has 1 aromatic carbocycles. The normalized spacial score (nSPS) is 10.9. The SMILES string of the molecule is Cc1cc(-c2nc3ccccc3c(F)c2C)ccn1. The van der Waals surface area contributed by atoms with E-state index in [1.54, 1.807) is 19.2 Å². The zero-order valence-electron chi connectivity index (χ0n) is 10.8. The summed E-state index contributed by atoms with van der Waals surface area (Å²) in [7, 11) is 0. The van der Waals surface area contributed by atoms with E-state index in [0.717, 1.165) is 11.3 Å². The quantitative estimate of drug-likeness (QED) is 0.653. The van der Waals surface area contributed by atoms with E-state index in [-0.39, 0.29) is 5.82 Å². The first kappa shape index (κ1) is 11.8. The van der Waals surface area contributed by atoms with Crippen LogP contribution in [0.1, 0.15) is 11.3 Å². The lowest BCUT2D eigenvalue weighted by Crippen LogP contribution is -1.96. The van der Waals surface area contributed by atoms with Gasteiger partial charge in [-0.3, -0.25) is 4.98 Å². The summed E-state index contributed by atoms with van der Waals surface area (Å²) in [4.78, 5) is 8.74. The Morgan fingerprint density at radius 1 is 1.05 bits per heavy atom. The summed E-state index contributed by atoms with van der Waals surface area (Å²) in [5.41, 5.74) is 3.72. The average molecular weight is 252 g/mol. The van der Waals surface area contributed by atoms with E-state index in [0.29, 0.717) is 22.2 Å². The number of rotatable bonds is 1. The van der Waals surface area contributed by atoms with Crippen LogP contribution in [0.2, 0.25) is 0 Å². The van der Waals surface area contributed by atoms with Crippen LogP contribution in [0.15, 0.2) is 42.6 Å². The maximum absolute atomic E-state index is 14.4. The molecule has 2 nitrogen and oxygen atoms in total. The lowest BCUT2D eigenvalue weighted by molar-refractivity contribution is 0.630. The Morgan fingerprint density at radius 2 is 1.84 bits per heavy atom. The highest BCUT2D eigenvalue weighted by atomic mass is 19.1. The van der Waals surface area contributed by atoms with Crippen LogP contribution < -0.4 is 0 Å². The Balaban J connectivity index is 2.33. The van der Waals surface area contributed by atoms with Crippen molar-refractivity contribution in [3.8, 4) is 11.3 Å². The Bertz CT molecular complexity index is 766. The summed E-state index contributed by atoms with van der Waals surface area (Å²) < 4.78 is 14.4. The number of benzene rings is 1. The number of halogens is 1. The predicted molar refractivity (Wildman–Crippen MR) is 74.4 cm³/mol. The molecule has 0 radical (unpaired) electrons. The fourth-order valence-electron chi connectivity index (χ4n) is 2.24. The molecule has 0 spiro atoms. The molecule has 19 heavy (non-hydrogen) atoms. The van der Waals surface area contributed by atoms with Crippen LogP contribution in [0.25, 0.3) is 22.2 Å². The molecular formula is C16H13FN2. The van der Waals surface area contributed by atoms with Gasteiger partial charge in [-0.05, 0) is 38.1 Å². The number of para-hydroxylation sites is 1. The third-order valence-electron chi connectivity index (χ3n) is 3.23. The monoisotopic (exact) mass is 252 g/mol. The maximum atomic E-state index is 14.4. The van der Waals surface area contributed by atoms with Gasteiger partial charge in [-0.1, -0.05) is 12.1 Å². The van der Waals surface area contributed by atoms with Gasteiger partial charge in [0.25, 0.3) is 0 Å². The molecule has 94 valence electrons. The number of nitrogens with zero attached hydrogens (tertiary/aromatic N) is 2. The molecule has 0 saturated carbocycles. The summed E-state index contributed by atoms with van der Waals surface area (Å²) >= 11 is 0. The molecule has 0 amide bonds. The standard InChI is InChI=1S/C16H13FN2/c1-10-9-12(7-8-18-10)16-11(2)15(17)13-5-3-4-6-14(13)19-16/h3-9H,1-2H3. The van der Waals surface area contributed by atoms with Crippen molar-refractivity contribution in [2.75, 3.05) is 0 Å². The fraction of sp³-hybridized carbons (Fsp3) is 0.125. The molecule has 0 N–H and O–H groups in total. The van der Waals surface area contributed by atoms with E-state index in [2.05, 4.69) is 9.97 Å². The van der Waals surface area contributed by atoms with Crippen LogP contribution >= 0.6 is 0 Å². The van der Waals surface area contributed by atoms with Gasteiger partial charge in [-0.25, -0.2) is 9.37 Å². The van der Waals surface area contributed by atoms with Crippen LogP contribution in [0.4, 0.5) is 4.39 Å². The molecule has 2 aromatic heterocycles. The van der Waals surface area contributed by atoms with E-state index < -0.39 is 0 Å². The van der Waals surface area contributed by atoms with Crippen LogP contribution in [-0.4, -0.2) is 9.97 Å². The highest BCUT2D eigenvalue weighted by molar-refractivity contribution is 5.84. The number of hydrogen-bond donors (Lipinski definition) is 0. The van der Waals surface area contributed by atoms with Gasteiger partial charge in [0, 0.05) is 28.4 Å². The minimum Gasteiger partial charge on any atom is -0.262 e. The molecule has 0 saturated heterocycles. The molecule has 3 aromatic rings. The van der Waals surface area contributed by atoms with E-state index in [1.165, 1.54) is 0 Å². The van der Waals surface area contributed by atoms with Crippen molar-refractivity contribution in [2.45, 2.75) is 13.8 Å². The van der Waals surface area contributed by atoms with Crippen LogP contribution in [0, 0.1) is 19.7 Å². The molecule has 0 aliphatic heterocycles. The molecule has 0 aliphatic rings. The number of fused-ring (bicyclic) bond motifs is 1. The summed E-state index contributed by atoms with van der Waals surface area (Å²) in [6.45, 7) is 3.68. The minimum atomic E-state index is -0.199. The molecule has 0 atom stereocenters. The van der Waals surface area contributed by atoms with E-state index >= 15 is 0 Å². The van der Waals surface area contributed by atoms with Crippen molar-refractivity contribution < 1.29 is 4.39 Å². The fourth-order valence-corrected chi connectivity index (χ4v) is 2.24. The van der Waals surface area contributed by atoms with Crippen LogP contribution in [0.5, 0.6) is 0 Å². The molecule has 2 heterocycles. The van der Waals surface area contributed by atoms with Gasteiger partial charge in [0.15, 0.2) is 0 Å². The second-order valence-corrected chi connectivity index (χ2v) is 4.60. The highest BCUT2D eigenvalue weighted by Crippen LogP contribution is 2.28. The van der Waals surface area contributed by atoms with Gasteiger partial charge < -0.3 is 0 Å². The number of aryl methyl sites for hydroxylation is 1. The van der Waals surface area contributed by atoms with Gasteiger partial charge in [0.2, 0.25) is 0 Å². The first-order valence-electron chi connectivity index (χ1n) is 6.14. The van der Waals surface area contributed by atoms with Crippen molar-refractivity contribution >= 4 is 10.9 Å². The summed E-state index contributed by atoms with van der Waals surface area (Å²) in [6, 6.07) is 11.1. The molecule has 0 fully saturated rings. The van der Waals surface area contributed by atoms with Crippen LogP contribution in [-0.2, 0) is 0 Å². The van der Waals surface area contributed by atoms with Crippen molar-refractivity contribution in [3.63, 3.8) is 0 Å². The summed E-state index contributed by atoms with van der Waals surface area (Å²) in [5, 5.41) is 0.564. The molecule has 3 rings (SSSR count). The van der Waals surface area contributed by atoms with E-state index in [4.69, 9.17) is 0 Å². The Hall–Kier alpha value is -2.29. The molecule has 0 unspecified atom stereocenters. The molecular weight excluding hydrogens is 239 g/mol. The highest BCUT2D eigenvalue weighted by Gasteiger charge is 2.12. The number of aromatic nitrogens is 2. The smallest absolute Gasteiger partial charge is 0.137 e. The Morgan fingerprint density at radius 3 is 2.63 bits per heavy atom. The van der Waals surface area contributed by atoms with E-state index in [1.807, 2.05) is 37.3 Å². The summed E-state index contributed by atoms with van der Waals surface area (Å²) in [6.07, 6.45) is 1.72. The lowest BCUT2D eigenvalue weighted by Gasteiger charge is -2.09. The van der Waals surface area contributed by atoms with Crippen molar-refractivity contribution in [3.05, 3.63) is 59.7 Å². The second kappa shape index (κ2) is 4.43. The van der Waals surface area contributed by atoms with Crippen molar-refractivity contribution in [1.29, 1.82) is 0 Å². The van der Waals surface area contributed by atoms with Crippen molar-refractivity contribution in [1.82, 2.24) is 9.97 Å². The number of pyridine rings is 2. The average Bonchev–Trinajstić information content (AvgIpc) is 2.43. The van der Waals surface area contributed by atoms with Gasteiger partial charge >= 0.3 is 0 Å². The summed E-state index contributed by atoms with van der Waals surface area (Å²) in [5.74, 6) is -0.199. The lowest BCUT2D eigenvalue weighted by atomic mass is 10.0. The Kier molecular flexibility index (Phi) is 2.75. The van der Waals surface area contributed by atoms with Gasteiger partial charge in [0.05, 0.1) is 11.2 Å². The maximum Gasteiger partial charge on any atom is 0.137 e. The third kappa shape index (κ3) is 1.97. The van der Waals surface area contributed by atoms with E-state index in [9.17, 15) is 4.39 Å². The number of hydrogen-bond acceptors (Lipinski definition) is 2. The second-order valence-electron chi connectivity index (χ2n) is 4.60. The predicted octanol–water partition coefficient (Wildman–Crippen LogP) is 4.05. The topological polar surface area (TPSA) is 25.8 Å². The first-order chi connectivity index (χ1) is 9.16. The zero-order valence-corrected chi connectivity index (χ0v) is 10.8. The van der Waals surface area contributed by atoms with Crippen molar-refractivity contribution in [2.24, 2.45) is 0 Å². The van der Waals surface area contributed by atoms with Gasteiger partial charge in [-0.15, -0.1) is 0 Å². The van der Waals surface area contributed by atoms with Gasteiger partial charge in [-0.2, -0.15) is 0 Å². The molecule has 0 bridgehead atoms. The third-order valence-corrected chi connectivity index (χ3v) is 3.23. The first-order valence-corrected chi connectivity index (χ1v) is 6.14. The van der Waals surface area contributed by atoms with Crippen LogP contribution in [0.3, 0.4) is 0 Å². The molecule has 0 aliphatic carbocycles. The van der Waals surface area contributed by atoms with Gasteiger partial charge in [0.1, 0.15) is 5.82 Å². The zero-order chi connectivity index (χ0) is 13.4.